The first-order valence-corrected chi connectivity index (χ1v) is 7.30. The summed E-state index contributed by atoms with van der Waals surface area (Å²) in [5.41, 5.74) is 0.413. The molecule has 106 valence electrons. The van der Waals surface area contributed by atoms with Crippen molar-refractivity contribution in [2.24, 2.45) is 5.41 Å². The maximum atomic E-state index is 11.1. The van der Waals surface area contributed by atoms with Gasteiger partial charge in [-0.15, -0.1) is 0 Å². The summed E-state index contributed by atoms with van der Waals surface area (Å²) in [5, 5.41) is 20.7. The molecule has 1 aliphatic rings. The van der Waals surface area contributed by atoms with E-state index < -0.39 is 5.41 Å². The van der Waals surface area contributed by atoms with E-state index in [2.05, 4.69) is 6.07 Å². The van der Waals surface area contributed by atoms with Crippen LogP contribution >= 0.6 is 0 Å². The minimum Gasteiger partial charge on any atom is -0.258 e. The fourth-order valence-corrected chi connectivity index (χ4v) is 3.11. The zero-order chi connectivity index (χ0) is 14.4. The number of nitro groups is 1. The number of rotatable bonds is 3. The van der Waals surface area contributed by atoms with Crippen molar-refractivity contribution in [3.63, 3.8) is 0 Å². The summed E-state index contributed by atoms with van der Waals surface area (Å²) in [6, 6.07) is 9.29. The molecule has 0 heterocycles. The fraction of sp³-hybridized carbons (Fsp3) is 0.562. The van der Waals surface area contributed by atoms with Crippen molar-refractivity contribution in [2.75, 3.05) is 0 Å². The second-order valence-corrected chi connectivity index (χ2v) is 5.72. The SMILES string of the molecule is N#CC1(Cc2ccccc2[N+](=O)[O-])CCCCCCC1. The van der Waals surface area contributed by atoms with Crippen molar-refractivity contribution in [1.29, 1.82) is 5.26 Å². The van der Waals surface area contributed by atoms with E-state index >= 15 is 0 Å². The van der Waals surface area contributed by atoms with Crippen LogP contribution in [0.2, 0.25) is 0 Å². The number of nitro benzene ring substituents is 1. The molecule has 0 spiro atoms. The summed E-state index contributed by atoms with van der Waals surface area (Å²) in [7, 11) is 0. The van der Waals surface area contributed by atoms with Crippen LogP contribution in [0.25, 0.3) is 0 Å². The van der Waals surface area contributed by atoms with E-state index in [4.69, 9.17) is 0 Å². The molecular formula is C16H20N2O2. The van der Waals surface area contributed by atoms with Crippen LogP contribution in [0.5, 0.6) is 0 Å². The Hall–Kier alpha value is -1.89. The van der Waals surface area contributed by atoms with Gasteiger partial charge in [-0.25, -0.2) is 0 Å². The molecule has 0 radical (unpaired) electrons. The predicted octanol–water partition coefficient (Wildman–Crippen LogP) is 4.39. The highest BCUT2D eigenvalue weighted by molar-refractivity contribution is 5.41. The Morgan fingerprint density at radius 3 is 2.35 bits per heavy atom. The first kappa shape index (κ1) is 14.5. The van der Waals surface area contributed by atoms with E-state index in [1.54, 1.807) is 12.1 Å². The van der Waals surface area contributed by atoms with E-state index in [0.717, 1.165) is 25.7 Å². The lowest BCUT2D eigenvalue weighted by Crippen LogP contribution is -2.23. The van der Waals surface area contributed by atoms with Crippen molar-refractivity contribution < 1.29 is 4.92 Å². The van der Waals surface area contributed by atoms with Crippen molar-refractivity contribution in [1.82, 2.24) is 0 Å². The number of para-hydroxylation sites is 1. The Balaban J connectivity index is 2.25. The standard InChI is InChI=1S/C16H20N2O2/c17-13-16(10-6-2-1-3-7-11-16)12-14-8-4-5-9-15(14)18(19)20/h4-5,8-9H,1-3,6-7,10-12H2. The normalized spacial score (nSPS) is 18.6. The molecule has 0 aliphatic heterocycles. The number of nitrogens with zero attached hydrogens (tertiary/aromatic N) is 2. The Kier molecular flexibility index (Phi) is 4.73. The van der Waals surface area contributed by atoms with Gasteiger partial charge < -0.3 is 0 Å². The molecule has 4 nitrogen and oxygen atoms in total. The van der Waals surface area contributed by atoms with Crippen molar-refractivity contribution >= 4 is 5.69 Å². The Morgan fingerprint density at radius 2 is 1.75 bits per heavy atom. The zero-order valence-corrected chi connectivity index (χ0v) is 11.7. The molecule has 1 fully saturated rings. The predicted molar refractivity (Wildman–Crippen MR) is 77.2 cm³/mol. The Morgan fingerprint density at radius 1 is 1.15 bits per heavy atom. The maximum absolute atomic E-state index is 11.1. The lowest BCUT2D eigenvalue weighted by atomic mass is 9.73. The number of nitriles is 1. The molecule has 4 heteroatoms. The van der Waals surface area contributed by atoms with Gasteiger partial charge in [-0.2, -0.15) is 5.26 Å². The molecule has 2 rings (SSSR count). The van der Waals surface area contributed by atoms with Crippen molar-refractivity contribution in [3.8, 4) is 6.07 Å². The van der Waals surface area contributed by atoms with Crippen LogP contribution in [-0.2, 0) is 6.42 Å². The first-order chi connectivity index (χ1) is 9.67. The lowest BCUT2D eigenvalue weighted by molar-refractivity contribution is -0.385. The molecule has 0 aromatic heterocycles. The van der Waals surface area contributed by atoms with E-state index in [0.29, 0.717) is 12.0 Å². The fourth-order valence-electron chi connectivity index (χ4n) is 3.11. The van der Waals surface area contributed by atoms with Crippen LogP contribution < -0.4 is 0 Å². The zero-order valence-electron chi connectivity index (χ0n) is 11.7. The van der Waals surface area contributed by atoms with Crippen molar-refractivity contribution in [2.45, 2.75) is 51.4 Å². The molecule has 20 heavy (non-hydrogen) atoms. The summed E-state index contributed by atoms with van der Waals surface area (Å²) in [4.78, 5) is 10.8. The van der Waals surface area contributed by atoms with Gasteiger partial charge in [0.15, 0.2) is 0 Å². The van der Waals surface area contributed by atoms with Crippen LogP contribution in [-0.4, -0.2) is 4.92 Å². The molecule has 0 unspecified atom stereocenters. The first-order valence-electron chi connectivity index (χ1n) is 7.30. The highest BCUT2D eigenvalue weighted by Gasteiger charge is 2.32. The molecule has 1 aliphatic carbocycles. The van der Waals surface area contributed by atoms with Gasteiger partial charge in [0.05, 0.1) is 16.4 Å². The molecule has 1 aromatic carbocycles. The Labute approximate surface area is 119 Å². The van der Waals surface area contributed by atoms with E-state index in [9.17, 15) is 15.4 Å². The van der Waals surface area contributed by atoms with Gasteiger partial charge >= 0.3 is 0 Å². The van der Waals surface area contributed by atoms with Crippen LogP contribution in [0.15, 0.2) is 24.3 Å². The summed E-state index contributed by atoms with van der Waals surface area (Å²) in [5.74, 6) is 0. The van der Waals surface area contributed by atoms with Gasteiger partial charge in [0.1, 0.15) is 0 Å². The topological polar surface area (TPSA) is 66.9 Å². The Bertz CT molecular complexity index is 511. The average Bonchev–Trinajstić information content (AvgIpc) is 2.42. The van der Waals surface area contributed by atoms with Crippen LogP contribution in [0.3, 0.4) is 0 Å². The molecular weight excluding hydrogens is 252 g/mol. The summed E-state index contributed by atoms with van der Waals surface area (Å²) in [6.45, 7) is 0. The van der Waals surface area contributed by atoms with E-state index in [1.807, 2.05) is 6.07 Å². The van der Waals surface area contributed by atoms with Crippen molar-refractivity contribution in [3.05, 3.63) is 39.9 Å². The summed E-state index contributed by atoms with van der Waals surface area (Å²) < 4.78 is 0. The lowest BCUT2D eigenvalue weighted by Gasteiger charge is -2.28. The average molecular weight is 272 g/mol. The monoisotopic (exact) mass is 272 g/mol. The van der Waals surface area contributed by atoms with E-state index in [-0.39, 0.29) is 10.6 Å². The minimum atomic E-state index is -0.424. The third-order valence-electron chi connectivity index (χ3n) is 4.26. The quantitative estimate of drug-likeness (QED) is 0.605. The van der Waals surface area contributed by atoms with Crippen LogP contribution in [0, 0.1) is 26.9 Å². The third kappa shape index (κ3) is 3.36. The molecule has 0 amide bonds. The molecule has 0 saturated heterocycles. The summed E-state index contributed by atoms with van der Waals surface area (Å²) in [6.07, 6.45) is 7.89. The van der Waals surface area contributed by atoms with Gasteiger partial charge in [0.2, 0.25) is 0 Å². The largest absolute Gasteiger partial charge is 0.272 e. The highest BCUT2D eigenvalue weighted by atomic mass is 16.6. The molecule has 0 atom stereocenters. The summed E-state index contributed by atoms with van der Waals surface area (Å²) >= 11 is 0. The second kappa shape index (κ2) is 6.51. The number of hydrogen-bond acceptors (Lipinski definition) is 3. The minimum absolute atomic E-state index is 0.143. The maximum Gasteiger partial charge on any atom is 0.272 e. The smallest absolute Gasteiger partial charge is 0.258 e. The number of benzene rings is 1. The third-order valence-corrected chi connectivity index (χ3v) is 4.26. The van der Waals surface area contributed by atoms with Gasteiger partial charge in [0.25, 0.3) is 5.69 Å². The van der Waals surface area contributed by atoms with Crippen LogP contribution in [0.4, 0.5) is 5.69 Å². The van der Waals surface area contributed by atoms with Crippen LogP contribution in [0.1, 0.15) is 50.5 Å². The van der Waals surface area contributed by atoms with Gasteiger partial charge in [0, 0.05) is 11.6 Å². The second-order valence-electron chi connectivity index (χ2n) is 5.72. The molecule has 0 bridgehead atoms. The van der Waals surface area contributed by atoms with Gasteiger partial charge in [-0.3, -0.25) is 10.1 Å². The highest BCUT2D eigenvalue weighted by Crippen LogP contribution is 2.38. The molecule has 1 saturated carbocycles. The molecule has 0 N–H and O–H groups in total. The molecule has 1 aromatic rings. The van der Waals surface area contributed by atoms with Gasteiger partial charge in [-0.05, 0) is 19.3 Å². The number of hydrogen-bond donors (Lipinski definition) is 0. The van der Waals surface area contributed by atoms with E-state index in [1.165, 1.54) is 25.3 Å². The van der Waals surface area contributed by atoms with Gasteiger partial charge in [-0.1, -0.05) is 50.3 Å².